The molecule has 8 nitrogen and oxygen atoms in total. The van der Waals surface area contributed by atoms with E-state index in [2.05, 4.69) is 11.1 Å². The predicted molar refractivity (Wildman–Crippen MR) is 117 cm³/mol. The minimum atomic E-state index is -4.64. The van der Waals surface area contributed by atoms with Gasteiger partial charge in [0.1, 0.15) is 6.10 Å². The van der Waals surface area contributed by atoms with Crippen LogP contribution in [0, 0.1) is 0 Å². The average Bonchev–Trinajstić information content (AvgIpc) is 2.69. The number of carbonyl (C=O) groups is 1. The molecule has 0 aromatic heterocycles. The molecular weight excluding hydrogens is 412 g/mol. The normalized spacial score (nSPS) is 11.3. The summed E-state index contributed by atoms with van der Waals surface area (Å²) in [4.78, 5) is 11.0. The molecular formula is C21H44O8S. The van der Waals surface area contributed by atoms with Crippen LogP contribution in [-0.4, -0.2) is 53.6 Å². The summed E-state index contributed by atoms with van der Waals surface area (Å²) in [7, 11) is -4.64. The summed E-state index contributed by atoms with van der Waals surface area (Å²) in [5.74, 6) is -0.882. The summed E-state index contributed by atoms with van der Waals surface area (Å²) in [5.41, 5.74) is 0. The summed E-state index contributed by atoms with van der Waals surface area (Å²) in [5, 5.41) is 24.0. The quantitative estimate of drug-likeness (QED) is 0.169. The Kier molecular flexibility index (Phi) is 24.0. The van der Waals surface area contributed by atoms with Crippen molar-refractivity contribution >= 4 is 16.4 Å². The highest BCUT2D eigenvalue weighted by molar-refractivity contribution is 7.81. The number of rotatable bonds is 19. The van der Waals surface area contributed by atoms with Gasteiger partial charge in [-0.1, -0.05) is 96.8 Å². The third kappa shape index (κ3) is 29.5. The fourth-order valence-corrected chi connectivity index (χ4v) is 3.18. The van der Waals surface area contributed by atoms with Crippen LogP contribution in [0.1, 0.15) is 110 Å². The molecule has 0 aromatic rings. The molecule has 4 N–H and O–H groups in total. The lowest BCUT2D eigenvalue weighted by atomic mass is 10.0. The molecule has 9 heteroatoms. The van der Waals surface area contributed by atoms with Crippen molar-refractivity contribution < 1.29 is 37.3 Å². The first-order chi connectivity index (χ1) is 14.3. The summed E-state index contributed by atoms with van der Waals surface area (Å²) in [6, 6.07) is 0. The second-order valence-corrected chi connectivity index (χ2v) is 8.62. The molecule has 0 spiro atoms. The van der Waals surface area contributed by atoms with Gasteiger partial charge in [-0.2, -0.15) is 8.42 Å². The Morgan fingerprint density at radius 1 is 0.733 bits per heavy atom. The van der Waals surface area contributed by atoms with Crippen LogP contribution in [0.15, 0.2) is 0 Å². The van der Waals surface area contributed by atoms with Gasteiger partial charge >= 0.3 is 16.4 Å². The Bertz CT molecular complexity index is 464. The first-order valence-corrected chi connectivity index (χ1v) is 12.7. The minimum Gasteiger partial charge on any atom is -0.394 e. The van der Waals surface area contributed by atoms with Crippen LogP contribution in [0.3, 0.4) is 0 Å². The zero-order valence-electron chi connectivity index (χ0n) is 18.6. The third-order valence-corrected chi connectivity index (χ3v) is 5.00. The van der Waals surface area contributed by atoms with Crippen molar-refractivity contribution in [1.29, 1.82) is 0 Å². The van der Waals surface area contributed by atoms with Crippen LogP contribution in [-0.2, 0) is 19.4 Å². The van der Waals surface area contributed by atoms with Gasteiger partial charge in [0.25, 0.3) is 0 Å². The van der Waals surface area contributed by atoms with E-state index in [9.17, 15) is 13.2 Å². The molecule has 30 heavy (non-hydrogen) atoms. The highest BCUT2D eigenvalue weighted by Crippen LogP contribution is 2.13. The van der Waals surface area contributed by atoms with E-state index in [0.29, 0.717) is 6.42 Å². The number of aliphatic hydroxyl groups excluding tert-OH is 3. The van der Waals surface area contributed by atoms with Crippen molar-refractivity contribution in [2.45, 2.75) is 116 Å². The molecule has 0 aliphatic rings. The van der Waals surface area contributed by atoms with Gasteiger partial charge in [-0.05, 0) is 6.42 Å². The van der Waals surface area contributed by atoms with Crippen molar-refractivity contribution in [2.75, 3.05) is 13.2 Å². The number of unbranched alkanes of at least 4 members (excludes halogenated alkanes) is 14. The molecule has 0 saturated carbocycles. The summed E-state index contributed by atoms with van der Waals surface area (Å²) in [6.07, 6.45) is 17.6. The number of aliphatic hydroxyl groups is 3. The second-order valence-electron chi connectivity index (χ2n) is 7.60. The van der Waals surface area contributed by atoms with Gasteiger partial charge in [-0.3, -0.25) is 9.35 Å². The van der Waals surface area contributed by atoms with E-state index in [1.54, 1.807) is 0 Å². The standard InChI is InChI=1S/C18H36O5S.C3H8O3/c1-2-3-4-5-6-7-8-9-10-11-12-13-14-15-16-17-18(19)23-24(20,21)22;4-1-3(6)2-5/h2-17H2,1H3,(H,20,21,22);3-6H,1-2H2. The summed E-state index contributed by atoms with van der Waals surface area (Å²) in [6.45, 7) is 1.52. The molecule has 0 amide bonds. The Morgan fingerprint density at radius 2 is 1.07 bits per heavy atom. The van der Waals surface area contributed by atoms with Crippen molar-refractivity contribution in [1.82, 2.24) is 0 Å². The van der Waals surface area contributed by atoms with E-state index in [1.165, 1.54) is 70.6 Å². The van der Waals surface area contributed by atoms with Crippen molar-refractivity contribution in [3.63, 3.8) is 0 Å². The van der Waals surface area contributed by atoms with Gasteiger partial charge in [-0.25, -0.2) is 0 Å². The number of carbonyl (C=O) groups excluding carboxylic acids is 1. The van der Waals surface area contributed by atoms with Crippen LogP contribution in [0.4, 0.5) is 0 Å². The van der Waals surface area contributed by atoms with Gasteiger partial charge in [0.15, 0.2) is 0 Å². The van der Waals surface area contributed by atoms with Crippen molar-refractivity contribution in [3.05, 3.63) is 0 Å². The first kappa shape index (κ1) is 31.4. The molecule has 0 aliphatic heterocycles. The zero-order valence-corrected chi connectivity index (χ0v) is 19.5. The monoisotopic (exact) mass is 456 g/mol. The molecule has 0 radical (unpaired) electrons. The molecule has 0 fully saturated rings. The zero-order chi connectivity index (χ0) is 23.1. The average molecular weight is 457 g/mol. The fourth-order valence-electron chi connectivity index (χ4n) is 2.86. The fraction of sp³-hybridized carbons (Fsp3) is 0.952. The Labute approximate surface area is 183 Å². The van der Waals surface area contributed by atoms with E-state index in [-0.39, 0.29) is 19.6 Å². The topological polar surface area (TPSA) is 141 Å². The first-order valence-electron chi connectivity index (χ1n) is 11.4. The van der Waals surface area contributed by atoms with Gasteiger partial charge in [-0.15, -0.1) is 0 Å². The SMILES string of the molecule is CCCCCCCCCCCCCCCCCC(=O)OS(=O)(=O)O.OCC(O)CO. The molecule has 182 valence electrons. The van der Waals surface area contributed by atoms with E-state index >= 15 is 0 Å². The smallest absolute Gasteiger partial charge is 0.394 e. The third-order valence-electron chi connectivity index (χ3n) is 4.60. The van der Waals surface area contributed by atoms with Gasteiger partial charge in [0, 0.05) is 6.42 Å². The largest absolute Gasteiger partial charge is 0.448 e. The second kappa shape index (κ2) is 22.9. The molecule has 0 saturated heterocycles. The van der Waals surface area contributed by atoms with Gasteiger partial charge < -0.3 is 19.5 Å². The number of hydrogen-bond donors (Lipinski definition) is 4. The lowest BCUT2D eigenvalue weighted by Crippen LogP contribution is -2.15. The highest BCUT2D eigenvalue weighted by atomic mass is 32.3. The predicted octanol–water partition coefficient (Wildman–Crippen LogP) is 3.93. The highest BCUT2D eigenvalue weighted by Gasteiger charge is 2.12. The Morgan fingerprint density at radius 3 is 1.33 bits per heavy atom. The maximum Gasteiger partial charge on any atom is 0.448 e. The lowest BCUT2D eigenvalue weighted by Gasteiger charge is -2.03. The van der Waals surface area contributed by atoms with Crippen molar-refractivity contribution in [2.24, 2.45) is 0 Å². The van der Waals surface area contributed by atoms with E-state index in [1.807, 2.05) is 0 Å². The number of hydrogen-bond acceptors (Lipinski definition) is 7. The van der Waals surface area contributed by atoms with E-state index < -0.39 is 22.5 Å². The molecule has 0 heterocycles. The van der Waals surface area contributed by atoms with Crippen molar-refractivity contribution in [3.8, 4) is 0 Å². The van der Waals surface area contributed by atoms with Crippen LogP contribution in [0.5, 0.6) is 0 Å². The molecule has 0 rings (SSSR count). The van der Waals surface area contributed by atoms with Crippen LogP contribution in [0.25, 0.3) is 0 Å². The van der Waals surface area contributed by atoms with Crippen LogP contribution >= 0.6 is 0 Å². The van der Waals surface area contributed by atoms with Gasteiger partial charge in [0.05, 0.1) is 13.2 Å². The maximum atomic E-state index is 11.0. The van der Waals surface area contributed by atoms with E-state index in [0.717, 1.165) is 19.3 Å². The molecule has 0 aliphatic carbocycles. The molecule has 0 unspecified atom stereocenters. The maximum absolute atomic E-state index is 11.0. The molecule has 0 bridgehead atoms. The summed E-state index contributed by atoms with van der Waals surface area (Å²) < 4.78 is 32.8. The lowest BCUT2D eigenvalue weighted by molar-refractivity contribution is -0.134. The Balaban J connectivity index is 0. The molecule has 0 aromatic carbocycles. The summed E-state index contributed by atoms with van der Waals surface area (Å²) >= 11 is 0. The van der Waals surface area contributed by atoms with Crippen LogP contribution < -0.4 is 0 Å². The Hall–Kier alpha value is -0.740. The van der Waals surface area contributed by atoms with Crippen LogP contribution in [0.2, 0.25) is 0 Å². The molecule has 0 atom stereocenters. The minimum absolute atomic E-state index is 0.0397. The van der Waals surface area contributed by atoms with Gasteiger partial charge in [0.2, 0.25) is 0 Å². The van der Waals surface area contributed by atoms with E-state index in [4.69, 9.17) is 19.9 Å².